The third-order valence-electron chi connectivity index (χ3n) is 3.24. The van der Waals surface area contributed by atoms with Gasteiger partial charge in [-0.25, -0.2) is 4.85 Å². The molecule has 2 fully saturated rings. The van der Waals surface area contributed by atoms with Crippen LogP contribution in [-0.4, -0.2) is 38.5 Å². The van der Waals surface area contributed by atoms with Gasteiger partial charge in [0.1, 0.15) is 0 Å². The number of hydrogen-bond donors (Lipinski definition) is 0. The molecular weight excluding hydrogens is 222 g/mol. The first-order valence-corrected chi connectivity index (χ1v) is 5.60. The minimum atomic E-state index is -0.550. The van der Waals surface area contributed by atoms with Gasteiger partial charge in [-0.2, -0.15) is 0 Å². The molecule has 2 aliphatic heterocycles. The molecule has 1 unspecified atom stereocenters. The second-order valence-corrected chi connectivity index (χ2v) is 4.32. The van der Waals surface area contributed by atoms with Gasteiger partial charge in [0.25, 0.3) is 5.70 Å². The van der Waals surface area contributed by atoms with Crippen LogP contribution >= 0.6 is 0 Å². The molecule has 0 aromatic carbocycles. The summed E-state index contributed by atoms with van der Waals surface area (Å²) in [4.78, 5) is 14.8. The lowest BCUT2D eigenvalue weighted by molar-refractivity contribution is -0.136. The van der Waals surface area contributed by atoms with Crippen LogP contribution in [-0.2, 0) is 19.0 Å². The maximum atomic E-state index is 11.5. The molecule has 0 N–H and O–H groups in total. The Bertz CT molecular complexity index is 388. The molecule has 2 aliphatic rings. The molecule has 0 saturated carbocycles. The molecule has 0 amide bonds. The summed E-state index contributed by atoms with van der Waals surface area (Å²) in [6, 6.07) is 0. The van der Waals surface area contributed by atoms with Gasteiger partial charge in [-0.05, 0) is 12.8 Å². The van der Waals surface area contributed by atoms with Gasteiger partial charge in [0, 0.05) is 19.6 Å². The highest BCUT2D eigenvalue weighted by molar-refractivity contribution is 5.91. The van der Waals surface area contributed by atoms with E-state index in [1.165, 1.54) is 7.11 Å². The van der Waals surface area contributed by atoms with E-state index in [2.05, 4.69) is 9.58 Å². The van der Waals surface area contributed by atoms with E-state index < -0.39 is 5.97 Å². The smallest absolute Gasteiger partial charge is 0.335 e. The van der Waals surface area contributed by atoms with Crippen LogP contribution in [0.1, 0.15) is 19.3 Å². The Morgan fingerprint density at radius 2 is 2.35 bits per heavy atom. The average Bonchev–Trinajstić information content (AvgIpc) is 2.78. The second kappa shape index (κ2) is 4.86. The van der Waals surface area contributed by atoms with Crippen LogP contribution < -0.4 is 0 Å². The number of esters is 1. The molecule has 2 heterocycles. The van der Waals surface area contributed by atoms with E-state index in [9.17, 15) is 4.79 Å². The van der Waals surface area contributed by atoms with E-state index in [0.717, 1.165) is 12.0 Å². The van der Waals surface area contributed by atoms with Gasteiger partial charge < -0.3 is 14.2 Å². The number of methoxy groups -OCH3 is 1. The summed E-state index contributed by atoms with van der Waals surface area (Å²) in [5.74, 6) is -0.550. The Balaban J connectivity index is 2.23. The Morgan fingerprint density at radius 3 is 2.94 bits per heavy atom. The number of carbonyl (C=O) groups is 1. The summed E-state index contributed by atoms with van der Waals surface area (Å²) < 4.78 is 15.7. The van der Waals surface area contributed by atoms with Crippen molar-refractivity contribution in [3.05, 3.63) is 22.7 Å². The van der Waals surface area contributed by atoms with Crippen molar-refractivity contribution in [3.8, 4) is 0 Å². The molecule has 2 saturated heterocycles. The molecule has 5 heteroatoms. The molecule has 0 radical (unpaired) electrons. The third kappa shape index (κ3) is 2.33. The average molecular weight is 237 g/mol. The van der Waals surface area contributed by atoms with E-state index in [1.54, 1.807) is 0 Å². The van der Waals surface area contributed by atoms with Crippen molar-refractivity contribution in [2.45, 2.75) is 24.9 Å². The molecule has 0 aromatic rings. The minimum absolute atomic E-state index is 0.113. The van der Waals surface area contributed by atoms with Gasteiger partial charge in [-0.3, -0.25) is 4.79 Å². The Kier molecular flexibility index (Phi) is 3.46. The van der Waals surface area contributed by atoms with Gasteiger partial charge in [-0.15, -0.1) is 0 Å². The highest BCUT2D eigenvalue weighted by Crippen LogP contribution is 2.37. The predicted octanol–water partition coefficient (Wildman–Crippen LogP) is 1.30. The van der Waals surface area contributed by atoms with Gasteiger partial charge in [0.05, 0.1) is 25.9 Å². The zero-order valence-corrected chi connectivity index (χ0v) is 9.82. The lowest BCUT2D eigenvalue weighted by Gasteiger charge is -2.34. The monoisotopic (exact) mass is 237 g/mol. The maximum absolute atomic E-state index is 11.5. The van der Waals surface area contributed by atoms with Crippen LogP contribution in [0, 0.1) is 6.57 Å². The topological polar surface area (TPSA) is 49.1 Å². The van der Waals surface area contributed by atoms with E-state index in [4.69, 9.17) is 16.0 Å². The van der Waals surface area contributed by atoms with E-state index >= 15 is 0 Å². The lowest BCUT2D eigenvalue weighted by atomic mass is 9.88. The van der Waals surface area contributed by atoms with Gasteiger partial charge in [0.2, 0.25) is 0 Å². The largest absolute Gasteiger partial charge is 0.474 e. The second-order valence-electron chi connectivity index (χ2n) is 4.32. The van der Waals surface area contributed by atoms with Crippen LogP contribution in [0.25, 0.3) is 4.85 Å². The van der Waals surface area contributed by atoms with Crippen molar-refractivity contribution in [2.75, 3.05) is 26.9 Å². The van der Waals surface area contributed by atoms with Crippen LogP contribution in [0.4, 0.5) is 0 Å². The zero-order valence-electron chi connectivity index (χ0n) is 9.82. The van der Waals surface area contributed by atoms with Crippen molar-refractivity contribution in [1.82, 2.24) is 0 Å². The van der Waals surface area contributed by atoms with Crippen molar-refractivity contribution in [1.29, 1.82) is 0 Å². The van der Waals surface area contributed by atoms with Crippen molar-refractivity contribution >= 4 is 5.97 Å². The molecule has 5 nitrogen and oxygen atoms in total. The predicted molar refractivity (Wildman–Crippen MR) is 59.0 cm³/mol. The summed E-state index contributed by atoms with van der Waals surface area (Å²) in [5.41, 5.74) is 0.628. The van der Waals surface area contributed by atoms with Crippen molar-refractivity contribution < 1.29 is 19.0 Å². The van der Waals surface area contributed by atoms with Gasteiger partial charge in [0.15, 0.2) is 0 Å². The van der Waals surface area contributed by atoms with E-state index in [1.807, 2.05) is 0 Å². The van der Waals surface area contributed by atoms with Crippen LogP contribution in [0.3, 0.4) is 0 Å². The Hall–Kier alpha value is -1.38. The molecule has 1 spiro atoms. The lowest BCUT2D eigenvalue weighted by Crippen LogP contribution is -2.38. The number of carbonyl (C=O) groups excluding carboxylic acids is 1. The number of rotatable bonds is 1. The molecule has 0 bridgehead atoms. The molecule has 17 heavy (non-hydrogen) atoms. The molecular formula is C12H15NO4. The highest BCUT2D eigenvalue weighted by Gasteiger charge is 2.40. The normalized spacial score (nSPS) is 31.1. The summed E-state index contributed by atoms with van der Waals surface area (Å²) in [7, 11) is 1.29. The number of hydrogen-bond acceptors (Lipinski definition) is 4. The first-order valence-electron chi connectivity index (χ1n) is 5.60. The molecule has 92 valence electrons. The van der Waals surface area contributed by atoms with Crippen molar-refractivity contribution in [3.63, 3.8) is 0 Å². The molecule has 0 aliphatic carbocycles. The molecule has 2 rings (SSSR count). The first kappa shape index (κ1) is 12.1. The first-order chi connectivity index (χ1) is 8.21. The maximum Gasteiger partial charge on any atom is 0.335 e. The summed E-state index contributed by atoms with van der Waals surface area (Å²) in [6.45, 7) is 8.84. The fourth-order valence-corrected chi connectivity index (χ4v) is 2.33. The van der Waals surface area contributed by atoms with Crippen LogP contribution in [0.2, 0.25) is 0 Å². The fraction of sp³-hybridized carbons (Fsp3) is 0.667. The summed E-state index contributed by atoms with van der Waals surface area (Å²) in [6.07, 6.45) is 2.04. The third-order valence-corrected chi connectivity index (χ3v) is 3.24. The van der Waals surface area contributed by atoms with E-state index in [-0.39, 0.29) is 11.3 Å². The molecule has 1 atom stereocenters. The Labute approximate surface area is 100 Å². The standard InChI is InChI=1S/C12H15NO4/c1-13-10(11(14)15-2)9-3-5-17-12(7-9)4-6-16-8-12/h3-8H2,2H3. The van der Waals surface area contributed by atoms with Gasteiger partial charge in [-0.1, -0.05) is 5.57 Å². The summed E-state index contributed by atoms with van der Waals surface area (Å²) in [5, 5.41) is 0. The van der Waals surface area contributed by atoms with Crippen LogP contribution in [0.5, 0.6) is 0 Å². The quantitative estimate of drug-likeness (QED) is 0.392. The minimum Gasteiger partial charge on any atom is -0.474 e. The molecule has 0 aromatic heterocycles. The zero-order chi connectivity index (χ0) is 12.3. The van der Waals surface area contributed by atoms with E-state index in [0.29, 0.717) is 32.7 Å². The summed E-state index contributed by atoms with van der Waals surface area (Å²) >= 11 is 0. The van der Waals surface area contributed by atoms with Gasteiger partial charge >= 0.3 is 5.97 Å². The number of ether oxygens (including phenoxy) is 3. The van der Waals surface area contributed by atoms with Crippen LogP contribution in [0.15, 0.2) is 11.3 Å². The SMILES string of the molecule is [C-]#[N+]C(C(=O)OC)=C1CCOC2(CCOC2)C1. The fourth-order valence-electron chi connectivity index (χ4n) is 2.33. The Morgan fingerprint density at radius 1 is 1.53 bits per heavy atom. The van der Waals surface area contributed by atoms with Crippen molar-refractivity contribution in [2.24, 2.45) is 0 Å². The highest BCUT2D eigenvalue weighted by atomic mass is 16.6. The number of nitrogens with zero attached hydrogens (tertiary/aromatic N) is 1.